The summed E-state index contributed by atoms with van der Waals surface area (Å²) in [6.07, 6.45) is 0. The molecule has 122 valence electrons. The van der Waals surface area contributed by atoms with Gasteiger partial charge in [-0.2, -0.15) is 0 Å². The van der Waals surface area contributed by atoms with E-state index in [0.717, 1.165) is 23.2 Å². The number of benzene rings is 2. The first-order valence-electron chi connectivity index (χ1n) is 7.42. The van der Waals surface area contributed by atoms with Gasteiger partial charge in [0, 0.05) is 29.1 Å². The van der Waals surface area contributed by atoms with Gasteiger partial charge in [-0.05, 0) is 24.3 Å². The maximum Gasteiger partial charge on any atom is 0.269 e. The number of nitro benzene ring substituents is 1. The molecule has 0 amide bonds. The molecule has 1 aliphatic heterocycles. The third-order valence-electron chi connectivity index (χ3n) is 3.57. The van der Waals surface area contributed by atoms with E-state index >= 15 is 0 Å². The van der Waals surface area contributed by atoms with Gasteiger partial charge in [-0.1, -0.05) is 30.0 Å². The summed E-state index contributed by atoms with van der Waals surface area (Å²) in [5.41, 5.74) is 1.33. The number of thioether (sulfide) groups is 1. The number of carbonyl (C=O) groups excluding carboxylic acids is 1. The lowest BCUT2D eigenvalue weighted by Gasteiger charge is -2.23. The van der Waals surface area contributed by atoms with E-state index < -0.39 is 4.92 Å². The summed E-state index contributed by atoms with van der Waals surface area (Å²) >= 11 is 1.62. The van der Waals surface area contributed by atoms with Crippen molar-refractivity contribution < 1.29 is 9.72 Å². The molecule has 0 fully saturated rings. The average molecular weight is 341 g/mol. The van der Waals surface area contributed by atoms with Crippen LogP contribution in [0.4, 0.5) is 11.4 Å². The van der Waals surface area contributed by atoms with Gasteiger partial charge >= 0.3 is 0 Å². The van der Waals surface area contributed by atoms with Crippen molar-refractivity contribution in [3.63, 3.8) is 0 Å². The Morgan fingerprint density at radius 3 is 2.46 bits per heavy atom. The molecule has 0 spiro atoms. The molecule has 0 atom stereocenters. The molecule has 24 heavy (non-hydrogen) atoms. The van der Waals surface area contributed by atoms with Crippen LogP contribution in [0.2, 0.25) is 0 Å². The van der Waals surface area contributed by atoms with Crippen molar-refractivity contribution >= 4 is 34.1 Å². The second kappa shape index (κ2) is 7.27. The Morgan fingerprint density at radius 2 is 1.88 bits per heavy atom. The molecule has 1 aliphatic rings. The summed E-state index contributed by atoms with van der Waals surface area (Å²) in [5.74, 6) is 0.800. The minimum atomic E-state index is -0.478. The number of anilines is 1. The van der Waals surface area contributed by atoms with Crippen molar-refractivity contribution in [2.24, 2.45) is 4.99 Å². The van der Waals surface area contributed by atoms with Gasteiger partial charge < -0.3 is 4.90 Å². The van der Waals surface area contributed by atoms with Gasteiger partial charge in [0.1, 0.15) is 0 Å². The molecule has 2 aromatic rings. The number of nitrogens with zero attached hydrogens (tertiary/aromatic N) is 3. The number of hydrogen-bond acceptors (Lipinski definition) is 6. The Labute approximate surface area is 143 Å². The Bertz CT molecular complexity index is 775. The van der Waals surface area contributed by atoms with Gasteiger partial charge in [0.25, 0.3) is 5.69 Å². The van der Waals surface area contributed by atoms with E-state index in [-0.39, 0.29) is 18.0 Å². The highest BCUT2D eigenvalue weighted by Gasteiger charge is 2.21. The van der Waals surface area contributed by atoms with E-state index in [4.69, 9.17) is 0 Å². The highest BCUT2D eigenvalue weighted by Crippen LogP contribution is 2.23. The number of para-hydroxylation sites is 1. The molecular formula is C17H15N3O3S. The zero-order chi connectivity index (χ0) is 16.9. The first-order valence-corrected chi connectivity index (χ1v) is 8.41. The second-order valence-electron chi connectivity index (χ2n) is 5.16. The Balaban J connectivity index is 1.82. The fourth-order valence-corrected chi connectivity index (χ4v) is 3.24. The number of ketones is 1. The van der Waals surface area contributed by atoms with Crippen LogP contribution >= 0.6 is 11.8 Å². The maximum absolute atomic E-state index is 12.6. The molecule has 0 saturated carbocycles. The van der Waals surface area contributed by atoms with Gasteiger partial charge in [0.15, 0.2) is 11.0 Å². The van der Waals surface area contributed by atoms with Gasteiger partial charge in [0.05, 0.1) is 18.0 Å². The smallest absolute Gasteiger partial charge is 0.269 e. The summed E-state index contributed by atoms with van der Waals surface area (Å²) in [5, 5.41) is 11.5. The van der Waals surface area contributed by atoms with Gasteiger partial charge in [0.2, 0.25) is 0 Å². The van der Waals surface area contributed by atoms with Crippen LogP contribution in [0.25, 0.3) is 0 Å². The first-order chi connectivity index (χ1) is 11.6. The van der Waals surface area contributed by atoms with Crippen LogP contribution < -0.4 is 4.90 Å². The number of amidine groups is 1. The Morgan fingerprint density at radius 1 is 1.17 bits per heavy atom. The van der Waals surface area contributed by atoms with Crippen molar-refractivity contribution in [2.75, 3.05) is 23.7 Å². The van der Waals surface area contributed by atoms with Crippen LogP contribution in [-0.4, -0.2) is 34.7 Å². The standard InChI is InChI=1S/C17H15N3O3S/c21-16(13-6-8-15(9-7-13)20(22)23)12-19(17-18-10-11-24-17)14-4-2-1-3-5-14/h1-9H,10-12H2. The van der Waals surface area contributed by atoms with Crippen molar-refractivity contribution in [2.45, 2.75) is 0 Å². The molecule has 3 rings (SSSR count). The van der Waals surface area contributed by atoms with Crippen molar-refractivity contribution in [1.29, 1.82) is 0 Å². The van der Waals surface area contributed by atoms with E-state index in [1.807, 2.05) is 35.2 Å². The Kier molecular flexibility index (Phi) is 4.90. The van der Waals surface area contributed by atoms with E-state index in [1.54, 1.807) is 11.8 Å². The number of Topliss-reactive ketones (excluding diaryl/α,β-unsaturated/α-hetero) is 1. The van der Waals surface area contributed by atoms with E-state index in [1.165, 1.54) is 24.3 Å². The SMILES string of the molecule is O=C(CN(C1=NCCS1)c1ccccc1)c1ccc([N+](=O)[O-])cc1. The van der Waals surface area contributed by atoms with Gasteiger partial charge in [-0.3, -0.25) is 19.9 Å². The molecule has 0 saturated heterocycles. The first kappa shape index (κ1) is 16.2. The largest absolute Gasteiger partial charge is 0.313 e. The average Bonchev–Trinajstić information content (AvgIpc) is 3.14. The third-order valence-corrected chi connectivity index (χ3v) is 4.56. The topological polar surface area (TPSA) is 75.8 Å². The summed E-state index contributed by atoms with van der Waals surface area (Å²) in [6, 6.07) is 15.3. The molecule has 6 nitrogen and oxygen atoms in total. The lowest BCUT2D eigenvalue weighted by Crippen LogP contribution is -2.33. The molecule has 2 aromatic carbocycles. The minimum Gasteiger partial charge on any atom is -0.313 e. The lowest BCUT2D eigenvalue weighted by molar-refractivity contribution is -0.384. The number of carbonyl (C=O) groups is 1. The fourth-order valence-electron chi connectivity index (χ4n) is 2.37. The molecule has 0 radical (unpaired) electrons. The van der Waals surface area contributed by atoms with Crippen LogP contribution in [0.5, 0.6) is 0 Å². The summed E-state index contributed by atoms with van der Waals surface area (Å²) in [4.78, 5) is 29.2. The number of non-ortho nitro benzene ring substituents is 1. The van der Waals surface area contributed by atoms with Crippen LogP contribution in [0.15, 0.2) is 59.6 Å². The monoisotopic (exact) mass is 341 g/mol. The number of nitro groups is 1. The molecule has 7 heteroatoms. The van der Waals surface area contributed by atoms with E-state index in [9.17, 15) is 14.9 Å². The Hall–Kier alpha value is -2.67. The molecule has 0 unspecified atom stereocenters. The number of hydrogen-bond donors (Lipinski definition) is 0. The predicted molar refractivity (Wildman–Crippen MR) is 96.0 cm³/mol. The minimum absolute atomic E-state index is 0.0258. The molecule has 1 heterocycles. The quantitative estimate of drug-likeness (QED) is 0.473. The summed E-state index contributed by atoms with van der Waals surface area (Å²) in [7, 11) is 0. The van der Waals surface area contributed by atoms with Crippen molar-refractivity contribution in [1.82, 2.24) is 0 Å². The molecule has 0 N–H and O–H groups in total. The highest BCUT2D eigenvalue weighted by atomic mass is 32.2. The normalized spacial score (nSPS) is 13.4. The molecule has 0 bridgehead atoms. The summed E-state index contributed by atoms with van der Waals surface area (Å²) in [6.45, 7) is 0.892. The van der Waals surface area contributed by atoms with Crippen LogP contribution in [0, 0.1) is 10.1 Å². The fraction of sp³-hybridized carbons (Fsp3) is 0.176. The second-order valence-corrected chi connectivity index (χ2v) is 6.22. The predicted octanol–water partition coefficient (Wildman–Crippen LogP) is 3.39. The van der Waals surface area contributed by atoms with Crippen molar-refractivity contribution in [3.8, 4) is 0 Å². The maximum atomic E-state index is 12.6. The van der Waals surface area contributed by atoms with E-state index in [2.05, 4.69) is 4.99 Å². The zero-order valence-corrected chi connectivity index (χ0v) is 13.6. The summed E-state index contributed by atoms with van der Waals surface area (Å²) < 4.78 is 0. The lowest BCUT2D eigenvalue weighted by atomic mass is 10.1. The van der Waals surface area contributed by atoms with Crippen molar-refractivity contribution in [3.05, 3.63) is 70.3 Å². The molecular weight excluding hydrogens is 326 g/mol. The van der Waals surface area contributed by atoms with Crippen LogP contribution in [0.1, 0.15) is 10.4 Å². The highest BCUT2D eigenvalue weighted by molar-refractivity contribution is 8.14. The number of aliphatic imine (C=N–C) groups is 1. The number of rotatable bonds is 5. The van der Waals surface area contributed by atoms with Crippen LogP contribution in [-0.2, 0) is 0 Å². The molecule has 0 aliphatic carbocycles. The van der Waals surface area contributed by atoms with Gasteiger partial charge in [-0.25, -0.2) is 0 Å². The van der Waals surface area contributed by atoms with E-state index in [0.29, 0.717) is 5.56 Å². The third kappa shape index (κ3) is 3.62. The van der Waals surface area contributed by atoms with Gasteiger partial charge in [-0.15, -0.1) is 0 Å². The van der Waals surface area contributed by atoms with Crippen LogP contribution in [0.3, 0.4) is 0 Å². The molecule has 0 aromatic heterocycles. The zero-order valence-electron chi connectivity index (χ0n) is 12.8.